The molecule has 0 saturated carbocycles. The molecule has 0 saturated heterocycles. The van der Waals surface area contributed by atoms with Crippen LogP contribution in [0.25, 0.3) is 0 Å². The van der Waals surface area contributed by atoms with E-state index in [4.69, 9.17) is 25.7 Å². The van der Waals surface area contributed by atoms with Crippen LogP contribution >= 0.6 is 11.8 Å². The minimum atomic E-state index is -1.21. The Balaban J connectivity index is 2.11. The lowest BCUT2D eigenvalue weighted by Gasteiger charge is -2.25. The van der Waals surface area contributed by atoms with Gasteiger partial charge in [0.25, 0.3) is 11.8 Å². The third-order valence-electron chi connectivity index (χ3n) is 7.17. The summed E-state index contributed by atoms with van der Waals surface area (Å²) in [5.41, 5.74) is 11.3. The summed E-state index contributed by atoms with van der Waals surface area (Å²) >= 11 is 0.851. The van der Waals surface area contributed by atoms with E-state index in [1.807, 2.05) is 20.8 Å². The van der Waals surface area contributed by atoms with Gasteiger partial charge in [0.1, 0.15) is 12.4 Å². The summed E-state index contributed by atoms with van der Waals surface area (Å²) in [7, 11) is 2.83. The van der Waals surface area contributed by atoms with Crippen LogP contribution in [-0.4, -0.2) is 123 Å². The molecule has 18 heteroatoms. The SMILES string of the molecule is CCN(CC)CCN(CC)C(=O)Oc1ccc(C(CNC(=O)CSC2=CC(=O)N(CCC(=O)NC)C2=O)OC(=O)NC(N)N)cc1OC. The molecule has 1 aromatic carbocycles. The Kier molecular flexibility index (Phi) is 16.6. The number of ether oxygens (including phenoxy) is 3. The summed E-state index contributed by atoms with van der Waals surface area (Å²) in [6.45, 7) is 8.95. The van der Waals surface area contributed by atoms with Gasteiger partial charge in [0.15, 0.2) is 11.5 Å². The molecular formula is C30H46N8O9S. The molecule has 48 heavy (non-hydrogen) atoms. The standard InChI is InChI=1S/C30H46N8O9S/c1-6-36(7-2)13-14-37(8-3)30(44)47-20-10-9-19(15-21(20)45-5)22(46-29(43)35-28(31)32)17-34-25(40)18-48-23-16-26(41)38(27(23)42)12-11-24(39)33-4/h9-10,15-16,22,28H,6-8,11-14,17-18,31-32H2,1-5H3,(H,33,39)(H,34,40)(H,35,43). The van der Waals surface area contributed by atoms with Gasteiger partial charge in [-0.15, -0.1) is 11.8 Å². The van der Waals surface area contributed by atoms with Crippen LogP contribution in [-0.2, 0) is 23.9 Å². The molecule has 1 aromatic rings. The van der Waals surface area contributed by atoms with Gasteiger partial charge in [0.2, 0.25) is 11.8 Å². The topological polar surface area (TPSA) is 228 Å². The molecule has 1 aliphatic rings. The maximum absolute atomic E-state index is 12.9. The van der Waals surface area contributed by atoms with Gasteiger partial charge in [-0.2, -0.15) is 0 Å². The van der Waals surface area contributed by atoms with Crippen molar-refractivity contribution in [3.8, 4) is 11.5 Å². The van der Waals surface area contributed by atoms with Crippen LogP contribution in [0.5, 0.6) is 11.5 Å². The van der Waals surface area contributed by atoms with E-state index in [0.29, 0.717) is 25.2 Å². The largest absolute Gasteiger partial charge is 0.493 e. The van der Waals surface area contributed by atoms with Gasteiger partial charge in [-0.25, -0.2) is 9.59 Å². The van der Waals surface area contributed by atoms with Gasteiger partial charge in [0, 0.05) is 45.7 Å². The maximum atomic E-state index is 12.9. The number of nitrogens with two attached hydrogens (primary N) is 2. The second kappa shape index (κ2) is 20.1. The van der Waals surface area contributed by atoms with E-state index in [1.165, 1.54) is 26.3 Å². The molecule has 266 valence electrons. The van der Waals surface area contributed by atoms with E-state index in [9.17, 15) is 28.8 Å². The first-order valence-corrected chi connectivity index (χ1v) is 16.4. The zero-order chi connectivity index (χ0) is 35.8. The molecule has 2 rings (SSSR count). The van der Waals surface area contributed by atoms with Crippen LogP contribution in [0, 0.1) is 0 Å². The van der Waals surface area contributed by atoms with E-state index >= 15 is 0 Å². The number of methoxy groups -OCH3 is 1. The number of likely N-dealkylation sites (N-methyl/N-ethyl adjacent to an activating group) is 2. The first-order valence-electron chi connectivity index (χ1n) is 15.4. The minimum Gasteiger partial charge on any atom is -0.493 e. The van der Waals surface area contributed by atoms with Crippen LogP contribution in [0.15, 0.2) is 29.2 Å². The number of hydrogen-bond acceptors (Lipinski definition) is 13. The van der Waals surface area contributed by atoms with E-state index < -0.39 is 42.3 Å². The molecule has 0 bridgehead atoms. The normalized spacial score (nSPS) is 13.3. The highest BCUT2D eigenvalue weighted by Crippen LogP contribution is 2.32. The number of imide groups is 1. The van der Waals surface area contributed by atoms with Gasteiger partial charge in [-0.3, -0.25) is 40.9 Å². The molecule has 1 aliphatic heterocycles. The number of thioether (sulfide) groups is 1. The Labute approximate surface area is 284 Å². The molecule has 0 aliphatic carbocycles. The Morgan fingerprint density at radius 2 is 1.71 bits per heavy atom. The summed E-state index contributed by atoms with van der Waals surface area (Å²) in [5.74, 6) is -1.96. The van der Waals surface area contributed by atoms with E-state index in [0.717, 1.165) is 35.8 Å². The van der Waals surface area contributed by atoms with Crippen molar-refractivity contribution in [3.63, 3.8) is 0 Å². The fourth-order valence-electron chi connectivity index (χ4n) is 4.37. The number of nitrogens with one attached hydrogen (secondary N) is 3. The van der Waals surface area contributed by atoms with Crippen molar-refractivity contribution in [2.45, 2.75) is 39.6 Å². The number of rotatable bonds is 19. The fraction of sp³-hybridized carbons (Fsp3) is 0.533. The van der Waals surface area contributed by atoms with Crippen molar-refractivity contribution in [3.05, 3.63) is 34.7 Å². The zero-order valence-electron chi connectivity index (χ0n) is 27.9. The van der Waals surface area contributed by atoms with Crippen molar-refractivity contribution in [2.24, 2.45) is 11.5 Å². The van der Waals surface area contributed by atoms with Crippen LogP contribution in [0.3, 0.4) is 0 Å². The second-order valence-electron chi connectivity index (χ2n) is 10.3. The lowest BCUT2D eigenvalue weighted by molar-refractivity contribution is -0.137. The highest BCUT2D eigenvalue weighted by Gasteiger charge is 2.32. The van der Waals surface area contributed by atoms with Gasteiger partial charge in [-0.05, 0) is 37.7 Å². The van der Waals surface area contributed by atoms with E-state index in [-0.39, 0.29) is 47.6 Å². The summed E-state index contributed by atoms with van der Waals surface area (Å²) in [6.07, 6.45) is -2.74. The zero-order valence-corrected chi connectivity index (χ0v) is 28.7. The number of carbonyl (C=O) groups is 6. The third-order valence-corrected chi connectivity index (χ3v) is 8.18. The fourth-order valence-corrected chi connectivity index (χ4v) is 5.18. The number of carbonyl (C=O) groups excluding carboxylic acids is 6. The van der Waals surface area contributed by atoms with Crippen molar-refractivity contribution in [1.82, 2.24) is 30.7 Å². The third kappa shape index (κ3) is 12.3. The Morgan fingerprint density at radius 1 is 1.00 bits per heavy atom. The monoisotopic (exact) mass is 694 g/mol. The number of benzene rings is 1. The summed E-state index contributed by atoms with van der Waals surface area (Å²) in [5, 5.41) is 7.25. The minimum absolute atomic E-state index is 0.0490. The van der Waals surface area contributed by atoms with Crippen molar-refractivity contribution >= 4 is 47.6 Å². The maximum Gasteiger partial charge on any atom is 0.415 e. The van der Waals surface area contributed by atoms with E-state index in [2.05, 4.69) is 20.9 Å². The Morgan fingerprint density at radius 3 is 2.31 bits per heavy atom. The Bertz CT molecular complexity index is 1340. The number of hydrogen-bond donors (Lipinski definition) is 5. The van der Waals surface area contributed by atoms with Crippen molar-refractivity contribution < 1.29 is 43.0 Å². The van der Waals surface area contributed by atoms with E-state index in [1.54, 1.807) is 11.0 Å². The molecule has 1 unspecified atom stereocenters. The van der Waals surface area contributed by atoms with Crippen molar-refractivity contribution in [2.75, 3.05) is 65.7 Å². The number of nitrogens with zero attached hydrogens (tertiary/aromatic N) is 3. The molecule has 0 aromatic heterocycles. The lowest BCUT2D eigenvalue weighted by atomic mass is 10.1. The highest BCUT2D eigenvalue weighted by atomic mass is 32.2. The number of alkyl carbamates (subject to hydrolysis) is 1. The summed E-state index contributed by atoms with van der Waals surface area (Å²) < 4.78 is 16.6. The summed E-state index contributed by atoms with van der Waals surface area (Å²) in [4.78, 5) is 79.2. The van der Waals surface area contributed by atoms with Gasteiger partial charge in [0.05, 0.1) is 24.3 Å². The number of amides is 6. The molecule has 17 nitrogen and oxygen atoms in total. The quantitative estimate of drug-likeness (QED) is 0.0955. The van der Waals surface area contributed by atoms with Crippen LogP contribution < -0.4 is 36.9 Å². The molecule has 1 atom stereocenters. The van der Waals surface area contributed by atoms with Gasteiger partial charge >= 0.3 is 12.2 Å². The Hall–Kier alpha value is -4.39. The second-order valence-corrected chi connectivity index (χ2v) is 11.3. The first kappa shape index (κ1) is 39.8. The average molecular weight is 695 g/mol. The molecule has 1 heterocycles. The predicted molar refractivity (Wildman–Crippen MR) is 178 cm³/mol. The van der Waals surface area contributed by atoms with Crippen LogP contribution in [0.1, 0.15) is 38.9 Å². The van der Waals surface area contributed by atoms with Crippen LogP contribution in [0.2, 0.25) is 0 Å². The molecule has 0 radical (unpaired) electrons. The molecule has 6 amide bonds. The molecule has 7 N–H and O–H groups in total. The highest BCUT2D eigenvalue weighted by molar-refractivity contribution is 8.04. The molecule has 0 spiro atoms. The lowest BCUT2D eigenvalue weighted by Crippen LogP contribution is -2.49. The first-order chi connectivity index (χ1) is 22.9. The van der Waals surface area contributed by atoms with Crippen molar-refractivity contribution in [1.29, 1.82) is 0 Å². The summed E-state index contributed by atoms with van der Waals surface area (Å²) in [6, 6.07) is 4.52. The average Bonchev–Trinajstić information content (AvgIpc) is 3.33. The molecule has 0 fully saturated rings. The predicted octanol–water partition coefficient (Wildman–Crippen LogP) is 0.0642. The van der Waals surface area contributed by atoms with Gasteiger partial charge in [-0.1, -0.05) is 19.9 Å². The van der Waals surface area contributed by atoms with Gasteiger partial charge < -0.3 is 34.6 Å². The van der Waals surface area contributed by atoms with Crippen LogP contribution in [0.4, 0.5) is 9.59 Å². The molecular weight excluding hydrogens is 648 g/mol. The smallest absolute Gasteiger partial charge is 0.415 e.